The number of ether oxygens (including phenoxy) is 3. The van der Waals surface area contributed by atoms with E-state index < -0.39 is 23.9 Å². The number of hydrogen-bond acceptors (Lipinski definition) is 7. The average Bonchev–Trinajstić information content (AvgIpc) is 3.38. The van der Waals surface area contributed by atoms with Gasteiger partial charge in [-0.05, 0) is 38.8 Å². The molecule has 2 atom stereocenters. The lowest BCUT2D eigenvalue weighted by molar-refractivity contribution is -0.0583. The first-order chi connectivity index (χ1) is 16.7. The lowest BCUT2D eigenvalue weighted by Crippen LogP contribution is -2.28. The van der Waals surface area contributed by atoms with Crippen molar-refractivity contribution in [3.05, 3.63) is 53.1 Å². The van der Waals surface area contributed by atoms with Crippen molar-refractivity contribution in [2.45, 2.75) is 51.4 Å². The quantitative estimate of drug-likeness (QED) is 0.448. The zero-order valence-electron chi connectivity index (χ0n) is 19.8. The molecule has 1 fully saturated rings. The molecule has 1 aliphatic rings. The van der Waals surface area contributed by atoms with E-state index in [1.807, 2.05) is 6.92 Å². The number of nitrogens with one attached hydrogen (secondary N) is 1. The van der Waals surface area contributed by atoms with Crippen LogP contribution in [0.1, 0.15) is 36.7 Å². The van der Waals surface area contributed by atoms with Crippen molar-refractivity contribution in [2.24, 2.45) is 0 Å². The number of methoxy groups -OCH3 is 1. The van der Waals surface area contributed by atoms with Gasteiger partial charge in [0, 0.05) is 30.2 Å². The molecular formula is C25H28F3N3O4. The molecule has 0 bridgehead atoms. The highest BCUT2D eigenvalue weighted by Gasteiger charge is 2.34. The predicted octanol–water partition coefficient (Wildman–Crippen LogP) is 4.73. The average molecular weight is 492 g/mol. The van der Waals surface area contributed by atoms with E-state index >= 15 is 0 Å². The first kappa shape index (κ1) is 25.0. The summed E-state index contributed by atoms with van der Waals surface area (Å²) in [5, 5.41) is 12.6. The van der Waals surface area contributed by atoms with Crippen LogP contribution in [0.4, 0.5) is 19.0 Å². The van der Waals surface area contributed by atoms with E-state index in [0.29, 0.717) is 40.7 Å². The van der Waals surface area contributed by atoms with Crippen molar-refractivity contribution in [3.8, 4) is 11.5 Å². The Morgan fingerprint density at radius 2 is 2.06 bits per heavy atom. The maximum Gasteiger partial charge on any atom is 0.298 e. The Morgan fingerprint density at radius 1 is 1.26 bits per heavy atom. The topological polar surface area (TPSA) is 85.7 Å². The fourth-order valence-electron chi connectivity index (χ4n) is 4.15. The summed E-state index contributed by atoms with van der Waals surface area (Å²) in [6, 6.07) is 7.16. The molecule has 35 heavy (non-hydrogen) atoms. The Bertz CT molecular complexity index is 1200. The summed E-state index contributed by atoms with van der Waals surface area (Å²) in [7, 11) is 1.54. The van der Waals surface area contributed by atoms with Gasteiger partial charge in [0.15, 0.2) is 11.5 Å². The first-order valence-corrected chi connectivity index (χ1v) is 11.4. The molecule has 0 aliphatic carbocycles. The molecule has 0 radical (unpaired) electrons. The fraction of sp³-hybridized carbons (Fsp3) is 0.440. The molecule has 3 aromatic rings. The van der Waals surface area contributed by atoms with E-state index in [2.05, 4.69) is 15.3 Å². The number of alkyl halides is 2. The normalized spacial score (nSPS) is 16.9. The maximum atomic E-state index is 14.8. The number of fused-ring (bicyclic) bond motifs is 1. The SMILES string of the molecule is COc1cc2nc(C)nc(NCc3cccc(C(F)(F)CO)c3F)c2cc1OC(C)[C@H]1CCCO1. The minimum Gasteiger partial charge on any atom is -0.493 e. The standard InChI is InChI=1S/C25H28F3N3O4/c1-14(20-8-5-9-34-20)35-22-10-17-19(11-21(22)33-3)30-15(2)31-24(17)29-12-16-6-4-7-18(23(16)26)25(27,28)13-32/h4,6-7,10-11,14,20,32H,5,8-9,12-13H2,1-3H3,(H,29,30,31)/t14?,20-/m1/s1. The lowest BCUT2D eigenvalue weighted by Gasteiger charge is -2.22. The van der Waals surface area contributed by atoms with Crippen LogP contribution in [0.5, 0.6) is 11.5 Å². The van der Waals surface area contributed by atoms with Gasteiger partial charge in [0.2, 0.25) is 0 Å². The number of aromatic nitrogens is 2. The number of halogens is 3. The summed E-state index contributed by atoms with van der Waals surface area (Å²) in [5.41, 5.74) is -0.265. The van der Waals surface area contributed by atoms with Crippen LogP contribution >= 0.6 is 0 Å². The highest BCUT2D eigenvalue weighted by atomic mass is 19.3. The third-order valence-corrected chi connectivity index (χ3v) is 6.01. The number of nitrogens with zero attached hydrogens (tertiary/aromatic N) is 2. The molecule has 1 aliphatic heterocycles. The van der Waals surface area contributed by atoms with Gasteiger partial charge in [-0.2, -0.15) is 8.78 Å². The van der Waals surface area contributed by atoms with E-state index in [4.69, 9.17) is 19.3 Å². The van der Waals surface area contributed by atoms with Crippen molar-refractivity contribution >= 4 is 16.7 Å². The highest BCUT2D eigenvalue weighted by molar-refractivity contribution is 5.91. The van der Waals surface area contributed by atoms with Crippen LogP contribution in [0.25, 0.3) is 10.9 Å². The van der Waals surface area contributed by atoms with E-state index in [1.54, 1.807) is 19.1 Å². The van der Waals surface area contributed by atoms with Gasteiger partial charge in [-0.15, -0.1) is 0 Å². The van der Waals surface area contributed by atoms with Gasteiger partial charge in [0.1, 0.15) is 30.2 Å². The van der Waals surface area contributed by atoms with Crippen molar-refractivity contribution < 1.29 is 32.5 Å². The van der Waals surface area contributed by atoms with Gasteiger partial charge < -0.3 is 24.6 Å². The van der Waals surface area contributed by atoms with Gasteiger partial charge in [0.05, 0.1) is 24.3 Å². The molecule has 2 aromatic carbocycles. The third-order valence-electron chi connectivity index (χ3n) is 6.01. The molecule has 0 amide bonds. The number of hydrogen-bond donors (Lipinski definition) is 2. The molecule has 188 valence electrons. The van der Waals surface area contributed by atoms with E-state index in [1.165, 1.54) is 19.2 Å². The predicted molar refractivity (Wildman–Crippen MR) is 125 cm³/mol. The second-order valence-electron chi connectivity index (χ2n) is 8.51. The van der Waals surface area contributed by atoms with Gasteiger partial charge >= 0.3 is 0 Å². The van der Waals surface area contributed by atoms with Crippen LogP contribution in [0.15, 0.2) is 30.3 Å². The molecule has 0 spiro atoms. The second kappa shape index (κ2) is 10.2. The Morgan fingerprint density at radius 3 is 2.74 bits per heavy atom. The second-order valence-corrected chi connectivity index (χ2v) is 8.51. The number of rotatable bonds is 9. The lowest BCUT2D eigenvalue weighted by atomic mass is 10.0. The summed E-state index contributed by atoms with van der Waals surface area (Å²) >= 11 is 0. The summed E-state index contributed by atoms with van der Waals surface area (Å²) < 4.78 is 60.0. The maximum absolute atomic E-state index is 14.8. The Hall–Kier alpha value is -3.11. The number of anilines is 1. The van der Waals surface area contributed by atoms with Crippen molar-refractivity contribution in [1.29, 1.82) is 0 Å². The van der Waals surface area contributed by atoms with Crippen LogP contribution in [-0.4, -0.2) is 47.6 Å². The highest BCUT2D eigenvalue weighted by Crippen LogP contribution is 2.36. The largest absolute Gasteiger partial charge is 0.493 e. The zero-order chi connectivity index (χ0) is 25.2. The Kier molecular flexibility index (Phi) is 7.32. The zero-order valence-corrected chi connectivity index (χ0v) is 19.8. The van der Waals surface area contributed by atoms with E-state index in [0.717, 1.165) is 18.9 Å². The van der Waals surface area contributed by atoms with E-state index in [-0.39, 0.29) is 24.3 Å². The van der Waals surface area contributed by atoms with Crippen LogP contribution in [0, 0.1) is 12.7 Å². The van der Waals surface area contributed by atoms with Crippen molar-refractivity contribution in [1.82, 2.24) is 9.97 Å². The van der Waals surface area contributed by atoms with E-state index in [9.17, 15) is 13.2 Å². The first-order valence-electron chi connectivity index (χ1n) is 11.4. The summed E-state index contributed by atoms with van der Waals surface area (Å²) in [4.78, 5) is 8.89. The molecule has 0 saturated carbocycles. The van der Waals surface area contributed by atoms with Crippen LogP contribution in [-0.2, 0) is 17.2 Å². The number of aryl methyl sites for hydroxylation is 1. The minimum atomic E-state index is -3.68. The van der Waals surface area contributed by atoms with Gasteiger partial charge in [-0.25, -0.2) is 14.4 Å². The number of benzene rings is 2. The number of aliphatic hydroxyl groups excluding tert-OH is 1. The smallest absolute Gasteiger partial charge is 0.298 e. The van der Waals surface area contributed by atoms with Crippen LogP contribution in [0.3, 0.4) is 0 Å². The van der Waals surface area contributed by atoms with Gasteiger partial charge in [0.25, 0.3) is 5.92 Å². The number of aliphatic hydroxyl groups is 1. The van der Waals surface area contributed by atoms with Crippen molar-refractivity contribution in [3.63, 3.8) is 0 Å². The molecule has 2 N–H and O–H groups in total. The summed E-state index contributed by atoms with van der Waals surface area (Å²) in [6.45, 7) is 2.76. The van der Waals surface area contributed by atoms with Crippen molar-refractivity contribution in [2.75, 3.05) is 25.6 Å². The summed E-state index contributed by atoms with van der Waals surface area (Å²) in [5.74, 6) is -2.93. The van der Waals surface area contributed by atoms with Crippen LogP contribution < -0.4 is 14.8 Å². The Balaban J connectivity index is 1.65. The van der Waals surface area contributed by atoms with Gasteiger partial charge in [-0.3, -0.25) is 0 Å². The monoisotopic (exact) mass is 491 g/mol. The molecule has 4 rings (SSSR count). The molecule has 1 unspecified atom stereocenters. The molecular weight excluding hydrogens is 463 g/mol. The molecule has 1 saturated heterocycles. The molecule has 1 aromatic heterocycles. The Labute approximate surface area is 201 Å². The molecule has 7 nitrogen and oxygen atoms in total. The fourth-order valence-corrected chi connectivity index (χ4v) is 4.15. The minimum absolute atomic E-state index is 0.0111. The molecule has 2 heterocycles. The molecule has 10 heteroatoms. The third kappa shape index (κ3) is 5.28. The van der Waals surface area contributed by atoms with Crippen LogP contribution in [0.2, 0.25) is 0 Å². The van der Waals surface area contributed by atoms with Gasteiger partial charge in [-0.1, -0.05) is 12.1 Å². The summed E-state index contributed by atoms with van der Waals surface area (Å²) in [6.07, 6.45) is 1.66.